The molecule has 104 valence electrons. The van der Waals surface area contributed by atoms with Gasteiger partial charge in [0, 0.05) is 18.4 Å². The minimum absolute atomic E-state index is 0.169. The summed E-state index contributed by atoms with van der Waals surface area (Å²) in [6.45, 7) is 3.08. The van der Waals surface area contributed by atoms with Crippen molar-refractivity contribution in [1.29, 1.82) is 0 Å². The maximum Gasteiger partial charge on any atom is 0.202 e. The molecule has 1 atom stereocenters. The van der Waals surface area contributed by atoms with Crippen LogP contribution in [0, 0.1) is 0 Å². The van der Waals surface area contributed by atoms with Crippen molar-refractivity contribution in [3.63, 3.8) is 0 Å². The summed E-state index contributed by atoms with van der Waals surface area (Å²) in [6, 6.07) is 6.93. The lowest BCUT2D eigenvalue weighted by atomic mass is 10.1. The highest BCUT2D eigenvalue weighted by Crippen LogP contribution is 2.22. The Morgan fingerprint density at radius 1 is 1.40 bits per heavy atom. The van der Waals surface area contributed by atoms with Crippen LogP contribution < -0.4 is 10.6 Å². The largest absolute Gasteiger partial charge is 0.508 e. The highest BCUT2D eigenvalue weighted by molar-refractivity contribution is 5.95. The van der Waals surface area contributed by atoms with Gasteiger partial charge in [-0.3, -0.25) is 0 Å². The molecule has 0 amide bonds. The molecule has 2 aliphatic heterocycles. The van der Waals surface area contributed by atoms with E-state index in [4.69, 9.17) is 0 Å². The molecule has 5 heteroatoms. The molecule has 0 fully saturated rings. The third kappa shape index (κ3) is 2.47. The molecule has 3 N–H and O–H groups in total. The van der Waals surface area contributed by atoms with Crippen molar-refractivity contribution in [2.45, 2.75) is 19.5 Å². The minimum atomic E-state index is 0.169. The Bertz CT molecular complexity index is 574. The van der Waals surface area contributed by atoms with E-state index in [1.165, 1.54) is 5.57 Å². The average molecular weight is 270 g/mol. The number of benzene rings is 1. The average Bonchev–Trinajstić information content (AvgIpc) is 2.49. The fraction of sp³-hybridized carbons (Fsp3) is 0.267. The number of guanidine groups is 1. The van der Waals surface area contributed by atoms with Gasteiger partial charge in [-0.1, -0.05) is 6.08 Å². The van der Waals surface area contributed by atoms with E-state index in [1.807, 2.05) is 18.3 Å². The highest BCUT2D eigenvalue weighted by Gasteiger charge is 2.25. The van der Waals surface area contributed by atoms with Crippen LogP contribution in [0.1, 0.15) is 13.3 Å². The number of nitrogens with one attached hydrogen (secondary N) is 2. The maximum absolute atomic E-state index is 9.29. The van der Waals surface area contributed by atoms with Crippen LogP contribution in [0.5, 0.6) is 5.75 Å². The SMILES string of the molecule is CCN1C=CCC2=CN=C(Nc3ccc(O)cc3)NC21. The molecule has 2 heterocycles. The molecule has 0 aliphatic carbocycles. The molecule has 0 aromatic heterocycles. The van der Waals surface area contributed by atoms with Crippen molar-refractivity contribution in [3.8, 4) is 5.75 Å². The van der Waals surface area contributed by atoms with Crippen LogP contribution in [0.3, 0.4) is 0 Å². The molecule has 0 saturated heterocycles. The number of fused-ring (bicyclic) bond motifs is 1. The van der Waals surface area contributed by atoms with Crippen LogP contribution in [-0.2, 0) is 0 Å². The third-order valence-electron chi connectivity index (χ3n) is 3.46. The number of aliphatic imine (C=N–C) groups is 1. The van der Waals surface area contributed by atoms with Gasteiger partial charge in [-0.25, -0.2) is 4.99 Å². The third-order valence-corrected chi connectivity index (χ3v) is 3.46. The number of likely N-dealkylation sites (N-methyl/N-ethyl adjacent to an activating group) is 1. The second-order valence-corrected chi connectivity index (χ2v) is 4.82. The second kappa shape index (κ2) is 5.28. The van der Waals surface area contributed by atoms with Crippen LogP contribution in [0.15, 0.2) is 53.3 Å². The Labute approximate surface area is 118 Å². The zero-order chi connectivity index (χ0) is 13.9. The molecule has 3 rings (SSSR count). The molecule has 1 unspecified atom stereocenters. The van der Waals surface area contributed by atoms with E-state index in [0.717, 1.165) is 24.6 Å². The summed E-state index contributed by atoms with van der Waals surface area (Å²) < 4.78 is 0. The lowest BCUT2D eigenvalue weighted by Crippen LogP contribution is -2.51. The first kappa shape index (κ1) is 12.6. The molecule has 0 saturated carbocycles. The van der Waals surface area contributed by atoms with Gasteiger partial charge < -0.3 is 20.6 Å². The molecule has 1 aromatic carbocycles. The number of phenolic OH excluding ortho intramolecular Hbond substituents is 1. The number of hydrogen-bond donors (Lipinski definition) is 3. The molecule has 1 aromatic rings. The van der Waals surface area contributed by atoms with Gasteiger partial charge in [-0.15, -0.1) is 0 Å². The summed E-state index contributed by atoms with van der Waals surface area (Å²) in [5.41, 5.74) is 2.16. The number of aromatic hydroxyl groups is 1. The molecule has 0 spiro atoms. The predicted octanol–water partition coefficient (Wildman–Crippen LogP) is 2.21. The summed E-state index contributed by atoms with van der Waals surface area (Å²) in [5.74, 6) is 0.976. The summed E-state index contributed by atoms with van der Waals surface area (Å²) in [7, 11) is 0. The number of phenols is 1. The van der Waals surface area contributed by atoms with Crippen LogP contribution in [-0.4, -0.2) is 28.7 Å². The van der Waals surface area contributed by atoms with Gasteiger partial charge in [-0.2, -0.15) is 0 Å². The summed E-state index contributed by atoms with van der Waals surface area (Å²) in [6.07, 6.45) is 7.31. The maximum atomic E-state index is 9.29. The van der Waals surface area contributed by atoms with Gasteiger partial charge in [0.05, 0.1) is 0 Å². The number of nitrogens with zero attached hydrogens (tertiary/aromatic N) is 2. The lowest BCUT2D eigenvalue weighted by molar-refractivity contribution is 0.290. The molecule has 20 heavy (non-hydrogen) atoms. The van der Waals surface area contributed by atoms with Crippen LogP contribution in [0.25, 0.3) is 0 Å². The Morgan fingerprint density at radius 3 is 2.95 bits per heavy atom. The second-order valence-electron chi connectivity index (χ2n) is 4.82. The van der Waals surface area contributed by atoms with Gasteiger partial charge in [-0.05, 0) is 49.4 Å². The van der Waals surface area contributed by atoms with Crippen LogP contribution in [0.2, 0.25) is 0 Å². The standard InChI is InChI=1S/C15H18N4O/c1-2-19-9-3-4-11-10-16-15(18-14(11)19)17-12-5-7-13(20)8-6-12/h3,5-10,14,20H,2,4H2,1H3,(H2,16,17,18). The fourth-order valence-electron chi connectivity index (χ4n) is 2.39. The number of anilines is 1. The summed E-state index contributed by atoms with van der Waals surface area (Å²) >= 11 is 0. The van der Waals surface area contributed by atoms with Crippen molar-refractivity contribution in [1.82, 2.24) is 10.2 Å². The first-order valence-corrected chi connectivity index (χ1v) is 6.78. The van der Waals surface area contributed by atoms with Gasteiger partial charge in [0.15, 0.2) is 0 Å². The monoisotopic (exact) mass is 270 g/mol. The number of allylic oxidation sites excluding steroid dienone is 1. The first-order valence-electron chi connectivity index (χ1n) is 6.78. The summed E-state index contributed by atoms with van der Waals surface area (Å²) in [4.78, 5) is 6.65. The van der Waals surface area contributed by atoms with Crippen molar-refractivity contribution in [2.24, 2.45) is 4.99 Å². The van der Waals surface area contributed by atoms with Crippen molar-refractivity contribution < 1.29 is 5.11 Å². The van der Waals surface area contributed by atoms with Crippen molar-refractivity contribution >= 4 is 11.6 Å². The Hall–Kier alpha value is -2.43. The molecule has 5 nitrogen and oxygen atoms in total. The number of hydrogen-bond acceptors (Lipinski definition) is 5. The molecular weight excluding hydrogens is 252 g/mol. The fourth-order valence-corrected chi connectivity index (χ4v) is 2.39. The molecule has 2 aliphatic rings. The Kier molecular flexibility index (Phi) is 3.33. The van der Waals surface area contributed by atoms with E-state index in [9.17, 15) is 5.11 Å². The molecular formula is C15H18N4O. The van der Waals surface area contributed by atoms with Gasteiger partial charge >= 0.3 is 0 Å². The van der Waals surface area contributed by atoms with E-state index in [-0.39, 0.29) is 11.9 Å². The van der Waals surface area contributed by atoms with Crippen LogP contribution in [0.4, 0.5) is 5.69 Å². The van der Waals surface area contributed by atoms with Crippen molar-refractivity contribution in [2.75, 3.05) is 11.9 Å². The zero-order valence-electron chi connectivity index (χ0n) is 11.4. The minimum Gasteiger partial charge on any atom is -0.508 e. The van der Waals surface area contributed by atoms with Gasteiger partial charge in [0.25, 0.3) is 0 Å². The molecule has 0 radical (unpaired) electrons. The van der Waals surface area contributed by atoms with E-state index < -0.39 is 0 Å². The van der Waals surface area contributed by atoms with E-state index in [1.54, 1.807) is 12.1 Å². The number of rotatable bonds is 2. The highest BCUT2D eigenvalue weighted by atomic mass is 16.3. The van der Waals surface area contributed by atoms with E-state index in [0.29, 0.717) is 0 Å². The normalized spacial score (nSPS) is 20.6. The van der Waals surface area contributed by atoms with Gasteiger partial charge in [0.2, 0.25) is 5.96 Å². The Morgan fingerprint density at radius 2 is 2.20 bits per heavy atom. The van der Waals surface area contributed by atoms with Crippen molar-refractivity contribution in [3.05, 3.63) is 48.3 Å². The molecule has 0 bridgehead atoms. The van der Waals surface area contributed by atoms with Gasteiger partial charge in [0.1, 0.15) is 11.9 Å². The topological polar surface area (TPSA) is 59.9 Å². The Balaban J connectivity index is 1.75. The predicted molar refractivity (Wildman–Crippen MR) is 80.3 cm³/mol. The lowest BCUT2D eigenvalue weighted by Gasteiger charge is -2.37. The first-order chi connectivity index (χ1) is 9.76. The zero-order valence-corrected chi connectivity index (χ0v) is 11.4. The summed E-state index contributed by atoms with van der Waals surface area (Å²) in [5, 5.41) is 15.9. The van der Waals surface area contributed by atoms with Crippen LogP contribution >= 0.6 is 0 Å². The quantitative estimate of drug-likeness (QED) is 0.721. The smallest absolute Gasteiger partial charge is 0.202 e. The van der Waals surface area contributed by atoms with E-state index in [2.05, 4.69) is 39.7 Å². The van der Waals surface area contributed by atoms with E-state index >= 15 is 0 Å².